The summed E-state index contributed by atoms with van der Waals surface area (Å²) in [7, 11) is 0. The molecule has 0 saturated carbocycles. The molecule has 5 nitrogen and oxygen atoms in total. The highest BCUT2D eigenvalue weighted by atomic mass is 16.3. The fourth-order valence-corrected chi connectivity index (χ4v) is 0.977. The number of phenolic OH excluding ortho intramolecular Hbond substituents is 3. The van der Waals surface area contributed by atoms with E-state index in [4.69, 9.17) is 21.1 Å². The molecule has 0 aromatic heterocycles. The standard InChI is InChI=1S/C8H11NO4/c9-5(3-10)4-1-7(12)8(13)2-6(4)11/h1-2,5,10-13H,3,9H2/t5-/m0/s1. The number of hydrogen-bond acceptors (Lipinski definition) is 5. The average Bonchev–Trinajstić information content (AvgIpc) is 2.10. The molecular weight excluding hydrogens is 174 g/mol. The molecule has 13 heavy (non-hydrogen) atoms. The molecule has 72 valence electrons. The highest BCUT2D eigenvalue weighted by Gasteiger charge is 2.13. The Morgan fingerprint density at radius 1 is 1.08 bits per heavy atom. The van der Waals surface area contributed by atoms with Crippen molar-refractivity contribution >= 4 is 0 Å². The number of nitrogens with two attached hydrogens (primary N) is 1. The lowest BCUT2D eigenvalue weighted by Crippen LogP contribution is -2.14. The predicted octanol–water partition coefficient (Wildman–Crippen LogP) is -0.205. The second kappa shape index (κ2) is 3.51. The first-order valence-electron chi connectivity index (χ1n) is 3.67. The lowest BCUT2D eigenvalue weighted by molar-refractivity contribution is 0.264. The van der Waals surface area contributed by atoms with Crippen molar-refractivity contribution in [1.82, 2.24) is 0 Å². The molecule has 0 aliphatic heterocycles. The number of benzene rings is 1. The summed E-state index contributed by atoms with van der Waals surface area (Å²) in [6, 6.07) is 1.32. The molecule has 5 heteroatoms. The summed E-state index contributed by atoms with van der Waals surface area (Å²) in [6.07, 6.45) is 0. The van der Waals surface area contributed by atoms with E-state index in [1.54, 1.807) is 0 Å². The molecule has 0 unspecified atom stereocenters. The molecule has 0 amide bonds. The van der Waals surface area contributed by atoms with Crippen LogP contribution in [0.5, 0.6) is 17.2 Å². The van der Waals surface area contributed by atoms with E-state index in [1.807, 2.05) is 0 Å². The number of phenols is 3. The van der Waals surface area contributed by atoms with Gasteiger partial charge in [-0.2, -0.15) is 0 Å². The number of aliphatic hydroxyl groups is 1. The van der Waals surface area contributed by atoms with Crippen LogP contribution < -0.4 is 5.73 Å². The van der Waals surface area contributed by atoms with Gasteiger partial charge in [0, 0.05) is 11.6 Å². The Morgan fingerprint density at radius 3 is 2.15 bits per heavy atom. The van der Waals surface area contributed by atoms with E-state index in [9.17, 15) is 5.11 Å². The SMILES string of the molecule is N[C@@H](CO)c1cc(O)c(O)cc1O. The highest BCUT2D eigenvalue weighted by Crippen LogP contribution is 2.34. The molecule has 0 fully saturated rings. The lowest BCUT2D eigenvalue weighted by Gasteiger charge is -2.11. The molecule has 0 bridgehead atoms. The third-order valence-electron chi connectivity index (χ3n) is 1.72. The molecule has 0 saturated heterocycles. The molecule has 0 spiro atoms. The number of aliphatic hydroxyl groups excluding tert-OH is 1. The number of rotatable bonds is 2. The van der Waals surface area contributed by atoms with Crippen LogP contribution in [0.15, 0.2) is 12.1 Å². The van der Waals surface area contributed by atoms with Crippen LogP contribution in [0.2, 0.25) is 0 Å². The van der Waals surface area contributed by atoms with Gasteiger partial charge in [-0.15, -0.1) is 0 Å². The van der Waals surface area contributed by atoms with Crippen LogP contribution in [0.25, 0.3) is 0 Å². The van der Waals surface area contributed by atoms with Crippen LogP contribution in [0.1, 0.15) is 11.6 Å². The largest absolute Gasteiger partial charge is 0.507 e. The van der Waals surface area contributed by atoms with Gasteiger partial charge in [0.15, 0.2) is 11.5 Å². The summed E-state index contributed by atoms with van der Waals surface area (Å²) in [5, 5.41) is 36.0. The van der Waals surface area contributed by atoms with Gasteiger partial charge in [-0.05, 0) is 6.07 Å². The minimum atomic E-state index is -0.772. The maximum absolute atomic E-state index is 9.26. The van der Waals surface area contributed by atoms with Crippen molar-refractivity contribution in [3.05, 3.63) is 17.7 Å². The van der Waals surface area contributed by atoms with Crippen molar-refractivity contribution in [3.8, 4) is 17.2 Å². The summed E-state index contributed by atoms with van der Waals surface area (Å²) in [5.41, 5.74) is 5.60. The van der Waals surface area contributed by atoms with Gasteiger partial charge in [0.1, 0.15) is 5.75 Å². The second-order valence-corrected chi connectivity index (χ2v) is 2.69. The topological polar surface area (TPSA) is 107 Å². The monoisotopic (exact) mass is 185 g/mol. The molecule has 1 rings (SSSR count). The summed E-state index contributed by atoms with van der Waals surface area (Å²) < 4.78 is 0. The van der Waals surface area contributed by atoms with Crippen LogP contribution in [-0.4, -0.2) is 27.0 Å². The molecule has 0 heterocycles. The molecule has 1 atom stereocenters. The third kappa shape index (κ3) is 1.82. The normalized spacial score (nSPS) is 12.8. The van der Waals surface area contributed by atoms with Crippen molar-refractivity contribution in [2.45, 2.75) is 6.04 Å². The molecule has 0 aliphatic rings. The van der Waals surface area contributed by atoms with E-state index >= 15 is 0 Å². The Labute approximate surface area is 74.7 Å². The van der Waals surface area contributed by atoms with E-state index in [0.717, 1.165) is 12.1 Å². The number of aromatic hydroxyl groups is 3. The van der Waals surface area contributed by atoms with Gasteiger partial charge < -0.3 is 26.2 Å². The van der Waals surface area contributed by atoms with Crippen LogP contribution in [0, 0.1) is 0 Å². The Bertz CT molecular complexity index is 313. The first kappa shape index (κ1) is 9.63. The van der Waals surface area contributed by atoms with Gasteiger partial charge in [0.25, 0.3) is 0 Å². The van der Waals surface area contributed by atoms with Gasteiger partial charge in [0.05, 0.1) is 12.6 Å². The summed E-state index contributed by atoms with van der Waals surface area (Å²) in [5.74, 6) is -1.06. The van der Waals surface area contributed by atoms with E-state index in [2.05, 4.69) is 0 Å². The lowest BCUT2D eigenvalue weighted by atomic mass is 10.1. The Balaban J connectivity index is 3.15. The smallest absolute Gasteiger partial charge is 0.161 e. The number of hydrogen-bond donors (Lipinski definition) is 5. The van der Waals surface area contributed by atoms with Crippen LogP contribution in [-0.2, 0) is 0 Å². The second-order valence-electron chi connectivity index (χ2n) is 2.69. The van der Waals surface area contributed by atoms with Crippen LogP contribution in [0.3, 0.4) is 0 Å². The van der Waals surface area contributed by atoms with Crippen molar-refractivity contribution in [2.75, 3.05) is 6.61 Å². The van der Waals surface area contributed by atoms with E-state index in [0.29, 0.717) is 0 Å². The molecule has 6 N–H and O–H groups in total. The van der Waals surface area contributed by atoms with Gasteiger partial charge in [0.2, 0.25) is 0 Å². The van der Waals surface area contributed by atoms with E-state index in [-0.39, 0.29) is 23.7 Å². The maximum atomic E-state index is 9.26. The fraction of sp³-hybridized carbons (Fsp3) is 0.250. The molecule has 1 aromatic rings. The van der Waals surface area contributed by atoms with Crippen molar-refractivity contribution < 1.29 is 20.4 Å². The summed E-state index contributed by atoms with van der Waals surface area (Å²) >= 11 is 0. The zero-order valence-corrected chi connectivity index (χ0v) is 6.81. The van der Waals surface area contributed by atoms with Crippen molar-refractivity contribution in [1.29, 1.82) is 0 Å². The minimum Gasteiger partial charge on any atom is -0.507 e. The van der Waals surface area contributed by atoms with Gasteiger partial charge >= 0.3 is 0 Å². The van der Waals surface area contributed by atoms with Crippen LogP contribution >= 0.6 is 0 Å². The maximum Gasteiger partial charge on any atom is 0.161 e. The van der Waals surface area contributed by atoms with Gasteiger partial charge in [-0.3, -0.25) is 0 Å². The Morgan fingerprint density at radius 2 is 1.62 bits per heavy atom. The zero-order chi connectivity index (χ0) is 10.0. The summed E-state index contributed by atoms with van der Waals surface area (Å²) in [4.78, 5) is 0. The Hall–Kier alpha value is -1.46. The summed E-state index contributed by atoms with van der Waals surface area (Å²) in [6.45, 7) is -0.349. The van der Waals surface area contributed by atoms with Crippen molar-refractivity contribution in [3.63, 3.8) is 0 Å². The first-order valence-corrected chi connectivity index (χ1v) is 3.67. The fourth-order valence-electron chi connectivity index (χ4n) is 0.977. The quantitative estimate of drug-likeness (QED) is 0.324. The predicted molar refractivity (Wildman–Crippen MR) is 45.5 cm³/mol. The van der Waals surface area contributed by atoms with E-state index in [1.165, 1.54) is 0 Å². The molecular formula is C8H11NO4. The first-order chi connectivity index (χ1) is 6.06. The van der Waals surface area contributed by atoms with Gasteiger partial charge in [-0.1, -0.05) is 0 Å². The highest BCUT2D eigenvalue weighted by molar-refractivity contribution is 5.49. The minimum absolute atomic E-state index is 0.192. The molecule has 0 radical (unpaired) electrons. The average molecular weight is 185 g/mol. The molecule has 1 aromatic carbocycles. The Kier molecular flexibility index (Phi) is 2.60. The third-order valence-corrected chi connectivity index (χ3v) is 1.72. The zero-order valence-electron chi connectivity index (χ0n) is 6.81. The van der Waals surface area contributed by atoms with Crippen LogP contribution in [0.4, 0.5) is 0 Å². The van der Waals surface area contributed by atoms with Gasteiger partial charge in [-0.25, -0.2) is 0 Å². The van der Waals surface area contributed by atoms with E-state index < -0.39 is 11.8 Å². The molecule has 0 aliphatic carbocycles. The van der Waals surface area contributed by atoms with Crippen molar-refractivity contribution in [2.24, 2.45) is 5.73 Å².